The number of carbonyl (C=O) groups is 1. The molecule has 0 aromatic heterocycles. The lowest BCUT2D eigenvalue weighted by Crippen LogP contribution is -2.45. The maximum Gasteiger partial charge on any atom is 0.274 e. The van der Waals surface area contributed by atoms with E-state index in [0.29, 0.717) is 5.56 Å². The zero-order chi connectivity index (χ0) is 13.0. The predicted molar refractivity (Wildman–Crippen MR) is 72.3 cm³/mol. The fourth-order valence-corrected chi connectivity index (χ4v) is 1.62. The molecule has 0 heterocycles. The molecule has 1 rings (SSSR count). The van der Waals surface area contributed by atoms with Gasteiger partial charge in [0, 0.05) is 5.56 Å². The van der Waals surface area contributed by atoms with E-state index < -0.39 is 0 Å². The minimum atomic E-state index is -0.373. The van der Waals surface area contributed by atoms with Gasteiger partial charge in [-0.1, -0.05) is 19.9 Å². The molecule has 0 bridgehead atoms. The zero-order valence-corrected chi connectivity index (χ0v) is 10.9. The van der Waals surface area contributed by atoms with E-state index in [1.54, 1.807) is 0 Å². The van der Waals surface area contributed by atoms with Crippen LogP contribution in [0.5, 0.6) is 0 Å². The van der Waals surface area contributed by atoms with Gasteiger partial charge in [0.15, 0.2) is 5.11 Å². The standard InChI is InChI=1S/C12H17N3OS/c1-3-8-5-9(4-2)7-10(6-8)11(16)15(14)12(13)17/h5-7H,3-4,14H2,1-2H3,(H2,13,17). The molecule has 0 aliphatic heterocycles. The van der Waals surface area contributed by atoms with E-state index in [1.807, 2.05) is 26.0 Å². The summed E-state index contributed by atoms with van der Waals surface area (Å²) in [6.45, 7) is 4.08. The lowest BCUT2D eigenvalue weighted by atomic mass is 10.0. The van der Waals surface area contributed by atoms with Gasteiger partial charge in [-0.3, -0.25) is 4.79 Å². The zero-order valence-electron chi connectivity index (χ0n) is 10.1. The Hall–Kier alpha value is -1.46. The monoisotopic (exact) mass is 251 g/mol. The van der Waals surface area contributed by atoms with Gasteiger partial charge in [-0.2, -0.15) is 0 Å². The highest BCUT2D eigenvalue weighted by molar-refractivity contribution is 7.80. The first-order valence-corrected chi connectivity index (χ1v) is 5.91. The highest BCUT2D eigenvalue weighted by Crippen LogP contribution is 2.13. The smallest absolute Gasteiger partial charge is 0.274 e. The number of hydrogen-bond donors (Lipinski definition) is 2. The summed E-state index contributed by atoms with van der Waals surface area (Å²) in [4.78, 5) is 12.0. The van der Waals surface area contributed by atoms with Crippen molar-refractivity contribution in [3.8, 4) is 0 Å². The summed E-state index contributed by atoms with van der Waals surface area (Å²) < 4.78 is 0. The van der Waals surface area contributed by atoms with Crippen LogP contribution in [0.2, 0.25) is 0 Å². The molecule has 1 aromatic carbocycles. The van der Waals surface area contributed by atoms with E-state index in [9.17, 15) is 4.79 Å². The van der Waals surface area contributed by atoms with Crippen LogP contribution in [-0.4, -0.2) is 16.0 Å². The number of hydrazine groups is 1. The molecular formula is C12H17N3OS. The lowest BCUT2D eigenvalue weighted by Gasteiger charge is -2.15. The first-order valence-electron chi connectivity index (χ1n) is 5.51. The molecule has 4 N–H and O–H groups in total. The van der Waals surface area contributed by atoms with Gasteiger partial charge in [0.2, 0.25) is 0 Å². The largest absolute Gasteiger partial charge is 0.375 e. The van der Waals surface area contributed by atoms with Gasteiger partial charge in [0.25, 0.3) is 5.91 Å². The van der Waals surface area contributed by atoms with Gasteiger partial charge in [0.05, 0.1) is 0 Å². The molecule has 0 aliphatic carbocycles. The Morgan fingerprint density at radius 3 is 2.06 bits per heavy atom. The molecule has 17 heavy (non-hydrogen) atoms. The number of amides is 1. The topological polar surface area (TPSA) is 72.3 Å². The number of nitrogens with zero attached hydrogens (tertiary/aromatic N) is 1. The summed E-state index contributed by atoms with van der Waals surface area (Å²) >= 11 is 4.67. The van der Waals surface area contributed by atoms with Gasteiger partial charge >= 0.3 is 0 Å². The molecule has 0 unspecified atom stereocenters. The van der Waals surface area contributed by atoms with Crippen molar-refractivity contribution in [3.05, 3.63) is 34.9 Å². The number of thiocarbonyl (C=S) groups is 1. The SMILES string of the molecule is CCc1cc(CC)cc(C(=O)N(N)C(N)=S)c1. The Bertz CT molecular complexity index is 423. The second kappa shape index (κ2) is 5.75. The molecule has 1 aromatic rings. The van der Waals surface area contributed by atoms with Crippen LogP contribution in [0.1, 0.15) is 35.3 Å². The predicted octanol–water partition coefficient (Wildman–Crippen LogP) is 1.37. The van der Waals surface area contributed by atoms with Crippen LogP contribution in [-0.2, 0) is 12.8 Å². The molecule has 0 saturated heterocycles. The summed E-state index contributed by atoms with van der Waals surface area (Å²) in [6.07, 6.45) is 1.73. The van der Waals surface area contributed by atoms with E-state index in [0.717, 1.165) is 29.0 Å². The van der Waals surface area contributed by atoms with Gasteiger partial charge in [-0.25, -0.2) is 10.9 Å². The third-order valence-electron chi connectivity index (χ3n) is 2.57. The summed E-state index contributed by atoms with van der Waals surface area (Å²) in [5.41, 5.74) is 8.05. The van der Waals surface area contributed by atoms with E-state index in [4.69, 9.17) is 11.6 Å². The number of carbonyl (C=O) groups excluding carboxylic acids is 1. The average molecular weight is 251 g/mol. The van der Waals surface area contributed by atoms with Crippen LogP contribution >= 0.6 is 12.2 Å². The number of benzene rings is 1. The fourth-order valence-electron chi connectivity index (χ4n) is 1.53. The number of rotatable bonds is 3. The summed E-state index contributed by atoms with van der Waals surface area (Å²) in [5, 5.41) is 0.666. The third kappa shape index (κ3) is 3.25. The number of nitrogens with two attached hydrogens (primary N) is 2. The van der Waals surface area contributed by atoms with Crippen molar-refractivity contribution in [2.45, 2.75) is 26.7 Å². The highest BCUT2D eigenvalue weighted by Gasteiger charge is 2.15. The summed E-state index contributed by atoms with van der Waals surface area (Å²) in [7, 11) is 0. The van der Waals surface area contributed by atoms with Gasteiger partial charge in [-0.15, -0.1) is 0 Å². The van der Waals surface area contributed by atoms with Gasteiger partial charge in [0.1, 0.15) is 0 Å². The molecule has 0 atom stereocenters. The molecule has 1 amide bonds. The van der Waals surface area contributed by atoms with Gasteiger partial charge < -0.3 is 5.73 Å². The van der Waals surface area contributed by atoms with Crippen molar-refractivity contribution in [2.24, 2.45) is 11.6 Å². The molecule has 5 heteroatoms. The van der Waals surface area contributed by atoms with Crippen molar-refractivity contribution in [1.29, 1.82) is 0 Å². The van der Waals surface area contributed by atoms with E-state index >= 15 is 0 Å². The minimum absolute atomic E-state index is 0.130. The molecular weight excluding hydrogens is 234 g/mol. The Morgan fingerprint density at radius 2 is 1.71 bits per heavy atom. The molecule has 4 nitrogen and oxygen atoms in total. The van der Waals surface area contributed by atoms with Crippen LogP contribution in [0.3, 0.4) is 0 Å². The molecule has 0 aliphatic rings. The summed E-state index contributed by atoms with van der Waals surface area (Å²) in [6, 6.07) is 5.72. The lowest BCUT2D eigenvalue weighted by molar-refractivity contribution is 0.0848. The van der Waals surface area contributed by atoms with Crippen LogP contribution in [0.4, 0.5) is 0 Å². The Labute approximate surface area is 107 Å². The minimum Gasteiger partial charge on any atom is -0.375 e. The second-order valence-corrected chi connectivity index (χ2v) is 4.18. The number of hydrogen-bond acceptors (Lipinski definition) is 3. The van der Waals surface area contributed by atoms with Gasteiger partial charge in [-0.05, 0) is 48.3 Å². The van der Waals surface area contributed by atoms with E-state index in [-0.39, 0.29) is 11.0 Å². The van der Waals surface area contributed by atoms with Crippen molar-refractivity contribution in [2.75, 3.05) is 0 Å². The van der Waals surface area contributed by atoms with Crippen molar-refractivity contribution in [1.82, 2.24) is 5.01 Å². The Kier molecular flexibility index (Phi) is 4.60. The van der Waals surface area contributed by atoms with Crippen LogP contribution in [0.15, 0.2) is 18.2 Å². The molecule has 0 fully saturated rings. The first-order chi connectivity index (χ1) is 7.99. The van der Waals surface area contributed by atoms with Crippen LogP contribution in [0.25, 0.3) is 0 Å². The quantitative estimate of drug-likeness (QED) is 0.368. The van der Waals surface area contributed by atoms with Crippen molar-refractivity contribution < 1.29 is 4.79 Å². The van der Waals surface area contributed by atoms with E-state index in [2.05, 4.69) is 18.3 Å². The fraction of sp³-hybridized carbons (Fsp3) is 0.333. The second-order valence-electron chi connectivity index (χ2n) is 3.76. The number of aryl methyl sites for hydroxylation is 2. The van der Waals surface area contributed by atoms with Crippen molar-refractivity contribution >= 4 is 23.2 Å². The Morgan fingerprint density at radius 1 is 1.24 bits per heavy atom. The highest BCUT2D eigenvalue weighted by atomic mass is 32.1. The average Bonchev–Trinajstić information content (AvgIpc) is 2.35. The summed E-state index contributed by atoms with van der Waals surface area (Å²) in [5.74, 6) is 5.12. The van der Waals surface area contributed by atoms with E-state index in [1.165, 1.54) is 0 Å². The van der Waals surface area contributed by atoms with Crippen LogP contribution < -0.4 is 11.6 Å². The van der Waals surface area contributed by atoms with Crippen molar-refractivity contribution in [3.63, 3.8) is 0 Å². The maximum absolute atomic E-state index is 12.0. The molecule has 0 spiro atoms. The third-order valence-corrected chi connectivity index (χ3v) is 2.77. The maximum atomic E-state index is 12.0. The molecule has 92 valence electrons. The normalized spacial score (nSPS) is 10.1. The molecule has 0 saturated carbocycles. The molecule has 0 radical (unpaired) electrons. The first kappa shape index (κ1) is 13.6. The Balaban J connectivity index is 3.12. The van der Waals surface area contributed by atoms with Crippen LogP contribution in [0, 0.1) is 0 Å².